The molecule has 0 bridgehead atoms. The van der Waals surface area contributed by atoms with Gasteiger partial charge < -0.3 is 15.2 Å². The highest BCUT2D eigenvalue weighted by atomic mass is 16.6. The van der Waals surface area contributed by atoms with E-state index < -0.39 is 12.2 Å². The Labute approximate surface area is 114 Å². The van der Waals surface area contributed by atoms with E-state index in [0.29, 0.717) is 12.5 Å². The van der Waals surface area contributed by atoms with Crippen LogP contribution in [0.1, 0.15) is 19.4 Å². The zero-order valence-electron chi connectivity index (χ0n) is 11.4. The van der Waals surface area contributed by atoms with E-state index in [9.17, 15) is 9.90 Å². The van der Waals surface area contributed by atoms with Crippen LogP contribution in [0.15, 0.2) is 42.5 Å². The summed E-state index contributed by atoms with van der Waals surface area (Å²) < 4.78 is 4.91. The smallest absolute Gasteiger partial charge is 0.407 e. The lowest BCUT2D eigenvalue weighted by atomic mass is 10.2. The highest BCUT2D eigenvalue weighted by molar-refractivity contribution is 5.67. The number of aliphatic hydroxyl groups excluding tert-OH is 1. The van der Waals surface area contributed by atoms with E-state index in [-0.39, 0.29) is 6.61 Å². The molecule has 0 heterocycles. The number of hydrogen-bond acceptors (Lipinski definition) is 3. The number of amides is 1. The molecule has 1 atom stereocenters. The zero-order chi connectivity index (χ0) is 14.1. The maximum atomic E-state index is 11.4. The molecular formula is C15H21NO3. The van der Waals surface area contributed by atoms with Gasteiger partial charge in [-0.1, -0.05) is 56.3 Å². The number of hydrogen-bond donors (Lipinski definition) is 2. The highest BCUT2D eigenvalue weighted by Gasteiger charge is 2.05. The van der Waals surface area contributed by atoms with Gasteiger partial charge in [-0.2, -0.15) is 0 Å². The van der Waals surface area contributed by atoms with Crippen LogP contribution in [0.25, 0.3) is 0 Å². The van der Waals surface area contributed by atoms with Crippen LogP contribution in [-0.2, 0) is 11.3 Å². The molecule has 4 heteroatoms. The number of alkyl carbamates (subject to hydrolysis) is 1. The fourth-order valence-electron chi connectivity index (χ4n) is 1.39. The first-order chi connectivity index (χ1) is 9.08. The van der Waals surface area contributed by atoms with E-state index in [4.69, 9.17) is 4.74 Å². The van der Waals surface area contributed by atoms with Crippen molar-refractivity contribution < 1.29 is 14.6 Å². The topological polar surface area (TPSA) is 58.6 Å². The molecule has 2 N–H and O–H groups in total. The van der Waals surface area contributed by atoms with Crippen molar-refractivity contribution in [2.45, 2.75) is 26.5 Å². The summed E-state index contributed by atoms with van der Waals surface area (Å²) in [5, 5.41) is 12.2. The predicted octanol–water partition coefficient (Wildman–Crippen LogP) is 2.49. The van der Waals surface area contributed by atoms with Crippen molar-refractivity contribution in [3.63, 3.8) is 0 Å². The van der Waals surface area contributed by atoms with Gasteiger partial charge in [-0.05, 0) is 11.5 Å². The van der Waals surface area contributed by atoms with Crippen LogP contribution in [-0.4, -0.2) is 23.9 Å². The van der Waals surface area contributed by atoms with Crippen LogP contribution in [0.5, 0.6) is 0 Å². The number of benzene rings is 1. The van der Waals surface area contributed by atoms with Crippen molar-refractivity contribution in [3.8, 4) is 0 Å². The fraction of sp³-hybridized carbons (Fsp3) is 0.400. The van der Waals surface area contributed by atoms with Crippen LogP contribution >= 0.6 is 0 Å². The van der Waals surface area contributed by atoms with E-state index in [2.05, 4.69) is 5.32 Å². The normalized spacial score (nSPS) is 12.6. The number of aliphatic hydroxyl groups is 1. The molecule has 0 saturated heterocycles. The molecule has 0 radical (unpaired) electrons. The molecule has 0 aliphatic heterocycles. The highest BCUT2D eigenvalue weighted by Crippen LogP contribution is 1.99. The summed E-state index contributed by atoms with van der Waals surface area (Å²) in [6.07, 6.45) is 2.22. The Balaban J connectivity index is 2.21. The quantitative estimate of drug-likeness (QED) is 0.775. The summed E-state index contributed by atoms with van der Waals surface area (Å²) >= 11 is 0. The standard InChI is InChI=1S/C15H21NO3/c1-12(2)8-9-14(17)11-19-15(18)16-10-13-6-4-3-5-7-13/h3-9,12,14,17H,10-11H2,1-2H3,(H,16,18)/b9-8-/t14-/m1/s1. The second-order valence-corrected chi connectivity index (χ2v) is 4.63. The van der Waals surface area contributed by atoms with Crippen LogP contribution in [0, 0.1) is 5.92 Å². The first-order valence-corrected chi connectivity index (χ1v) is 6.39. The second kappa shape index (κ2) is 8.32. The maximum Gasteiger partial charge on any atom is 0.407 e. The molecular weight excluding hydrogens is 242 g/mol. The second-order valence-electron chi connectivity index (χ2n) is 4.63. The van der Waals surface area contributed by atoms with Crippen molar-refractivity contribution in [2.75, 3.05) is 6.61 Å². The summed E-state index contributed by atoms with van der Waals surface area (Å²) in [4.78, 5) is 11.4. The fourth-order valence-corrected chi connectivity index (χ4v) is 1.39. The Morgan fingerprint density at radius 1 is 1.32 bits per heavy atom. The van der Waals surface area contributed by atoms with Crippen LogP contribution < -0.4 is 5.32 Å². The zero-order valence-corrected chi connectivity index (χ0v) is 11.4. The monoisotopic (exact) mass is 263 g/mol. The van der Waals surface area contributed by atoms with E-state index in [1.807, 2.05) is 50.3 Å². The number of allylic oxidation sites excluding steroid dienone is 1. The largest absolute Gasteiger partial charge is 0.446 e. The van der Waals surface area contributed by atoms with Crippen molar-refractivity contribution in [2.24, 2.45) is 5.92 Å². The van der Waals surface area contributed by atoms with Gasteiger partial charge in [0.05, 0.1) is 0 Å². The predicted molar refractivity (Wildman–Crippen MR) is 74.6 cm³/mol. The van der Waals surface area contributed by atoms with Crippen LogP contribution in [0.3, 0.4) is 0 Å². The molecule has 104 valence electrons. The number of ether oxygens (including phenoxy) is 1. The molecule has 1 rings (SSSR count). The van der Waals surface area contributed by atoms with Crippen molar-refractivity contribution in [1.29, 1.82) is 0 Å². The van der Waals surface area contributed by atoms with E-state index >= 15 is 0 Å². The molecule has 0 spiro atoms. The molecule has 0 aliphatic carbocycles. The summed E-state index contributed by atoms with van der Waals surface area (Å²) in [6, 6.07) is 9.56. The van der Waals surface area contributed by atoms with E-state index in [0.717, 1.165) is 5.56 Å². The summed E-state index contributed by atoms with van der Waals surface area (Å²) in [6.45, 7) is 4.40. The Morgan fingerprint density at radius 2 is 2.00 bits per heavy atom. The minimum atomic E-state index is -0.759. The molecule has 0 aromatic heterocycles. The van der Waals surface area contributed by atoms with Gasteiger partial charge in [0.15, 0.2) is 0 Å². The van der Waals surface area contributed by atoms with E-state index in [1.54, 1.807) is 6.08 Å². The molecule has 0 unspecified atom stereocenters. The molecule has 0 saturated carbocycles. The van der Waals surface area contributed by atoms with Crippen molar-refractivity contribution in [3.05, 3.63) is 48.0 Å². The molecule has 1 aromatic rings. The molecule has 4 nitrogen and oxygen atoms in total. The van der Waals surface area contributed by atoms with Gasteiger partial charge in [-0.15, -0.1) is 0 Å². The average molecular weight is 263 g/mol. The van der Waals surface area contributed by atoms with Gasteiger partial charge in [0, 0.05) is 6.54 Å². The Bertz CT molecular complexity index is 401. The summed E-state index contributed by atoms with van der Waals surface area (Å²) in [5.41, 5.74) is 1.000. The SMILES string of the molecule is CC(C)/C=C\[C@@H](O)COC(=O)NCc1ccccc1. The summed E-state index contributed by atoms with van der Waals surface area (Å²) in [7, 11) is 0. The first-order valence-electron chi connectivity index (χ1n) is 6.39. The number of carbonyl (C=O) groups is 1. The third-order valence-electron chi connectivity index (χ3n) is 2.38. The third-order valence-corrected chi connectivity index (χ3v) is 2.38. The molecule has 0 fully saturated rings. The third kappa shape index (κ3) is 7.26. The number of nitrogens with one attached hydrogen (secondary N) is 1. The average Bonchev–Trinajstić information content (AvgIpc) is 2.41. The lowest BCUT2D eigenvalue weighted by Gasteiger charge is -2.09. The van der Waals surface area contributed by atoms with Gasteiger partial charge in [-0.25, -0.2) is 4.79 Å². The first kappa shape index (κ1) is 15.2. The van der Waals surface area contributed by atoms with Gasteiger partial charge in [0.1, 0.15) is 12.7 Å². The number of rotatable bonds is 6. The lowest BCUT2D eigenvalue weighted by molar-refractivity contribution is 0.0906. The Hall–Kier alpha value is -1.81. The minimum Gasteiger partial charge on any atom is -0.446 e. The van der Waals surface area contributed by atoms with Crippen LogP contribution in [0.2, 0.25) is 0 Å². The Kier molecular flexibility index (Phi) is 6.68. The van der Waals surface area contributed by atoms with E-state index in [1.165, 1.54) is 0 Å². The van der Waals surface area contributed by atoms with Gasteiger partial charge >= 0.3 is 6.09 Å². The lowest BCUT2D eigenvalue weighted by Crippen LogP contribution is -2.27. The minimum absolute atomic E-state index is 0.0379. The summed E-state index contributed by atoms with van der Waals surface area (Å²) in [5.74, 6) is 0.363. The Morgan fingerprint density at radius 3 is 2.63 bits per heavy atom. The van der Waals surface area contributed by atoms with Gasteiger partial charge in [0.25, 0.3) is 0 Å². The molecule has 1 aromatic carbocycles. The van der Waals surface area contributed by atoms with Crippen molar-refractivity contribution >= 4 is 6.09 Å². The molecule has 1 amide bonds. The van der Waals surface area contributed by atoms with Gasteiger partial charge in [0.2, 0.25) is 0 Å². The number of carbonyl (C=O) groups excluding carboxylic acids is 1. The van der Waals surface area contributed by atoms with Crippen LogP contribution in [0.4, 0.5) is 4.79 Å². The maximum absolute atomic E-state index is 11.4. The van der Waals surface area contributed by atoms with Crippen molar-refractivity contribution in [1.82, 2.24) is 5.32 Å². The van der Waals surface area contributed by atoms with Gasteiger partial charge in [-0.3, -0.25) is 0 Å². The molecule has 19 heavy (non-hydrogen) atoms. The molecule has 0 aliphatic rings.